The van der Waals surface area contributed by atoms with Crippen molar-refractivity contribution in [1.82, 2.24) is 10.2 Å². The molecule has 2 saturated carbocycles. The number of hydrogen-bond donors (Lipinski definition) is 1. The van der Waals surface area contributed by atoms with Crippen LogP contribution in [0.4, 0.5) is 0 Å². The van der Waals surface area contributed by atoms with Crippen LogP contribution in [0.15, 0.2) is 30.3 Å². The Kier molecular flexibility index (Phi) is 4.72. The summed E-state index contributed by atoms with van der Waals surface area (Å²) in [4.78, 5) is 40.1. The molecule has 7 heteroatoms. The van der Waals surface area contributed by atoms with E-state index in [4.69, 9.17) is 0 Å². The predicted molar refractivity (Wildman–Crippen MR) is 104 cm³/mol. The fourth-order valence-corrected chi connectivity index (χ4v) is 6.68. The van der Waals surface area contributed by atoms with Gasteiger partial charge in [-0.3, -0.25) is 19.3 Å². The molecule has 0 unspecified atom stereocenters. The van der Waals surface area contributed by atoms with Crippen LogP contribution in [0.25, 0.3) is 0 Å². The van der Waals surface area contributed by atoms with Gasteiger partial charge in [0.2, 0.25) is 17.7 Å². The number of rotatable bonds is 4. The summed E-state index contributed by atoms with van der Waals surface area (Å²) in [6, 6.07) is 8.78. The lowest BCUT2D eigenvalue weighted by molar-refractivity contribution is -0.148. The van der Waals surface area contributed by atoms with Gasteiger partial charge in [0.1, 0.15) is 6.04 Å². The Morgan fingerprint density at radius 2 is 1.65 bits per heavy atom. The fraction of sp³-hybridized carbons (Fsp3) is 0.526. The first-order valence-corrected chi connectivity index (χ1v) is 10.7. The molecule has 138 valence electrons. The van der Waals surface area contributed by atoms with Crippen molar-refractivity contribution in [1.29, 1.82) is 0 Å². The first-order valence-electron chi connectivity index (χ1n) is 8.88. The molecule has 1 aromatic carbocycles. The molecule has 1 aromatic rings. The van der Waals surface area contributed by atoms with E-state index in [9.17, 15) is 14.4 Å². The Morgan fingerprint density at radius 3 is 2.19 bits per heavy atom. The number of amides is 3. The number of likely N-dealkylation sites (tertiary alicyclic amines) is 1. The SMILES string of the molecule is C[C@@H](C(=O)NCc1ccccc1)N1C(=O)[C@@H]2[C@@H]3C[C@H]([C@H](Br)[C@@H]3Br)[C@@H]2C1=O. The van der Waals surface area contributed by atoms with Crippen LogP contribution in [0.1, 0.15) is 18.9 Å². The summed E-state index contributed by atoms with van der Waals surface area (Å²) in [5.74, 6) is -0.901. The maximum absolute atomic E-state index is 12.9. The number of alkyl halides is 2. The Hall–Kier alpha value is -1.21. The van der Waals surface area contributed by atoms with Gasteiger partial charge in [-0.2, -0.15) is 0 Å². The number of nitrogens with one attached hydrogen (secondary N) is 1. The van der Waals surface area contributed by atoms with Crippen molar-refractivity contribution in [3.8, 4) is 0 Å². The van der Waals surface area contributed by atoms with E-state index in [-0.39, 0.29) is 51.0 Å². The molecule has 7 atom stereocenters. The fourth-order valence-electron chi connectivity index (χ4n) is 4.80. The molecule has 1 saturated heterocycles. The summed E-state index contributed by atoms with van der Waals surface area (Å²) in [6.45, 7) is 2.02. The van der Waals surface area contributed by atoms with Crippen LogP contribution in [0.3, 0.4) is 0 Å². The van der Waals surface area contributed by atoms with Crippen LogP contribution in [-0.2, 0) is 20.9 Å². The van der Waals surface area contributed by atoms with Crippen molar-refractivity contribution in [2.75, 3.05) is 0 Å². The van der Waals surface area contributed by atoms with Gasteiger partial charge in [0.15, 0.2) is 0 Å². The van der Waals surface area contributed by atoms with Crippen molar-refractivity contribution < 1.29 is 14.4 Å². The average molecular weight is 484 g/mol. The van der Waals surface area contributed by atoms with Gasteiger partial charge in [0, 0.05) is 16.2 Å². The van der Waals surface area contributed by atoms with E-state index >= 15 is 0 Å². The van der Waals surface area contributed by atoms with Crippen molar-refractivity contribution >= 4 is 49.6 Å². The van der Waals surface area contributed by atoms with E-state index in [0.29, 0.717) is 6.54 Å². The normalized spacial score (nSPS) is 36.3. The molecule has 1 heterocycles. The molecule has 3 aliphatic rings. The van der Waals surface area contributed by atoms with E-state index in [0.717, 1.165) is 12.0 Å². The number of carbonyl (C=O) groups is 3. The van der Waals surface area contributed by atoms with E-state index < -0.39 is 6.04 Å². The molecule has 1 N–H and O–H groups in total. The van der Waals surface area contributed by atoms with Gasteiger partial charge in [-0.1, -0.05) is 62.2 Å². The number of imide groups is 1. The predicted octanol–water partition coefficient (Wildman–Crippen LogP) is 2.47. The van der Waals surface area contributed by atoms with Crippen molar-refractivity contribution in [3.63, 3.8) is 0 Å². The van der Waals surface area contributed by atoms with Crippen molar-refractivity contribution in [3.05, 3.63) is 35.9 Å². The summed E-state index contributed by atoms with van der Waals surface area (Å²) >= 11 is 7.35. The molecule has 0 aromatic heterocycles. The summed E-state index contributed by atoms with van der Waals surface area (Å²) in [5, 5.41) is 2.83. The highest BCUT2D eigenvalue weighted by atomic mass is 79.9. The zero-order valence-corrected chi connectivity index (χ0v) is 17.4. The zero-order valence-electron chi connectivity index (χ0n) is 14.3. The van der Waals surface area contributed by atoms with Crippen molar-refractivity contribution in [2.45, 2.75) is 35.6 Å². The average Bonchev–Trinajstić information content (AvgIpc) is 3.25. The lowest BCUT2D eigenvalue weighted by Gasteiger charge is -2.28. The molecule has 2 aliphatic carbocycles. The van der Waals surface area contributed by atoms with E-state index in [1.54, 1.807) is 6.92 Å². The van der Waals surface area contributed by atoms with Gasteiger partial charge in [-0.15, -0.1) is 0 Å². The largest absolute Gasteiger partial charge is 0.350 e. The standard InChI is InChI=1S/C19H20Br2N2O3/c1-9(17(24)22-8-10-5-3-2-4-6-10)23-18(25)13-11-7-12(14(13)19(23)26)16(21)15(11)20/h2-6,9,11-16H,7-8H2,1H3,(H,22,24)/t9-,11-,12-,13-,14+,15-,16+/m0/s1. The highest BCUT2D eigenvalue weighted by molar-refractivity contribution is 9.12. The number of carbonyl (C=O) groups excluding carboxylic acids is 3. The molecule has 0 radical (unpaired) electrons. The number of hydrogen-bond acceptors (Lipinski definition) is 3. The third kappa shape index (κ3) is 2.66. The Bertz CT molecular complexity index is 724. The number of benzene rings is 1. The Labute approximate surface area is 169 Å². The topological polar surface area (TPSA) is 66.5 Å². The third-order valence-electron chi connectivity index (χ3n) is 6.10. The molecule has 0 spiro atoms. The maximum Gasteiger partial charge on any atom is 0.243 e. The second-order valence-corrected chi connectivity index (χ2v) is 9.54. The van der Waals surface area contributed by atoms with Gasteiger partial charge in [0.25, 0.3) is 0 Å². The van der Waals surface area contributed by atoms with Crippen LogP contribution >= 0.6 is 31.9 Å². The minimum atomic E-state index is -0.786. The van der Waals surface area contributed by atoms with E-state index in [2.05, 4.69) is 37.2 Å². The van der Waals surface area contributed by atoms with Crippen molar-refractivity contribution in [2.24, 2.45) is 23.7 Å². The van der Waals surface area contributed by atoms with Crippen LogP contribution in [0, 0.1) is 23.7 Å². The highest BCUT2D eigenvalue weighted by Crippen LogP contribution is 2.60. The lowest BCUT2D eigenvalue weighted by Crippen LogP contribution is -2.48. The molecular weight excluding hydrogens is 464 g/mol. The summed E-state index contributed by atoms with van der Waals surface area (Å²) in [6.07, 6.45) is 0.890. The van der Waals surface area contributed by atoms with Gasteiger partial charge in [0.05, 0.1) is 11.8 Å². The van der Waals surface area contributed by atoms with Crippen LogP contribution in [0.5, 0.6) is 0 Å². The molecule has 26 heavy (non-hydrogen) atoms. The van der Waals surface area contributed by atoms with Gasteiger partial charge >= 0.3 is 0 Å². The minimum Gasteiger partial charge on any atom is -0.350 e. The second kappa shape index (κ2) is 6.75. The van der Waals surface area contributed by atoms with Gasteiger partial charge < -0.3 is 5.32 Å². The quantitative estimate of drug-likeness (QED) is 0.528. The maximum atomic E-state index is 12.9. The van der Waals surface area contributed by atoms with Crippen LogP contribution in [0.2, 0.25) is 0 Å². The van der Waals surface area contributed by atoms with Crippen LogP contribution in [-0.4, -0.2) is 38.3 Å². The number of nitrogens with zero attached hydrogens (tertiary/aromatic N) is 1. The summed E-state index contributed by atoms with van der Waals surface area (Å²) in [5.41, 5.74) is 0.978. The number of halogens is 2. The first kappa shape index (κ1) is 18.2. The van der Waals surface area contributed by atoms with Gasteiger partial charge in [-0.25, -0.2) is 0 Å². The second-order valence-electron chi connectivity index (χ2n) is 7.43. The molecule has 2 bridgehead atoms. The van der Waals surface area contributed by atoms with Gasteiger partial charge in [-0.05, 0) is 30.7 Å². The molecule has 1 aliphatic heterocycles. The molecule has 5 nitrogen and oxygen atoms in total. The van der Waals surface area contributed by atoms with E-state index in [1.807, 2.05) is 30.3 Å². The number of fused-ring (bicyclic) bond motifs is 5. The zero-order chi connectivity index (χ0) is 18.6. The molecule has 3 fully saturated rings. The first-order chi connectivity index (χ1) is 12.4. The summed E-state index contributed by atoms with van der Waals surface area (Å²) in [7, 11) is 0. The van der Waals surface area contributed by atoms with E-state index in [1.165, 1.54) is 4.90 Å². The molecular formula is C19H20Br2N2O3. The van der Waals surface area contributed by atoms with Crippen LogP contribution < -0.4 is 5.32 Å². The highest BCUT2D eigenvalue weighted by Gasteiger charge is 2.67. The monoisotopic (exact) mass is 482 g/mol. The smallest absolute Gasteiger partial charge is 0.243 e. The lowest BCUT2D eigenvalue weighted by atomic mass is 9.81. The minimum absolute atomic E-state index is 0.162. The Balaban J connectivity index is 1.47. The Morgan fingerprint density at radius 1 is 1.12 bits per heavy atom. The molecule has 3 amide bonds. The summed E-state index contributed by atoms with van der Waals surface area (Å²) < 4.78 is 0. The molecule has 4 rings (SSSR count). The third-order valence-corrected chi connectivity index (χ3v) is 9.30.